The molecule has 76 valence electrons. The van der Waals surface area contributed by atoms with Gasteiger partial charge in [-0.05, 0) is 18.1 Å². The van der Waals surface area contributed by atoms with Crippen molar-refractivity contribution in [2.24, 2.45) is 5.92 Å². The average molecular weight is 193 g/mol. The molecule has 0 heterocycles. The van der Waals surface area contributed by atoms with Crippen molar-refractivity contribution in [3.05, 3.63) is 30.3 Å². The van der Waals surface area contributed by atoms with Gasteiger partial charge in [-0.1, -0.05) is 32.0 Å². The summed E-state index contributed by atoms with van der Waals surface area (Å²) in [6, 6.07) is 9.24. The largest absolute Gasteiger partial charge is 0.449 e. The lowest BCUT2D eigenvalue weighted by Gasteiger charge is -2.08. The molecule has 0 aliphatic rings. The molecule has 1 aromatic rings. The van der Waals surface area contributed by atoms with Crippen LogP contribution in [0, 0.1) is 5.92 Å². The number of anilines is 1. The van der Waals surface area contributed by atoms with Gasteiger partial charge in [0.2, 0.25) is 0 Å². The van der Waals surface area contributed by atoms with Gasteiger partial charge in [-0.2, -0.15) is 0 Å². The van der Waals surface area contributed by atoms with E-state index in [1.54, 1.807) is 0 Å². The number of carbonyl (C=O) groups is 1. The maximum Gasteiger partial charge on any atom is 0.411 e. The molecule has 0 saturated heterocycles. The van der Waals surface area contributed by atoms with Crippen LogP contribution >= 0.6 is 0 Å². The highest BCUT2D eigenvalue weighted by Gasteiger charge is 2.03. The van der Waals surface area contributed by atoms with Crippen LogP contribution in [0.4, 0.5) is 10.5 Å². The van der Waals surface area contributed by atoms with Gasteiger partial charge in [-0.3, -0.25) is 5.32 Å². The predicted octanol–water partition coefficient (Wildman–Crippen LogP) is 2.89. The van der Waals surface area contributed by atoms with Gasteiger partial charge in [0.25, 0.3) is 0 Å². The summed E-state index contributed by atoms with van der Waals surface area (Å²) in [5, 5.41) is 2.64. The monoisotopic (exact) mass is 193 g/mol. The summed E-state index contributed by atoms with van der Waals surface area (Å²) in [6.45, 7) is 4.43. The first-order valence-corrected chi connectivity index (χ1v) is 4.67. The Bertz CT molecular complexity index is 283. The maximum absolute atomic E-state index is 11.2. The van der Waals surface area contributed by atoms with Crippen LogP contribution in [0.2, 0.25) is 0 Å². The Hall–Kier alpha value is -1.51. The minimum absolute atomic E-state index is 0.358. The second-order valence-electron chi connectivity index (χ2n) is 3.48. The van der Waals surface area contributed by atoms with Crippen molar-refractivity contribution >= 4 is 11.8 Å². The van der Waals surface area contributed by atoms with E-state index in [1.165, 1.54) is 0 Å². The summed E-state index contributed by atoms with van der Waals surface area (Å²) in [5.41, 5.74) is 0.751. The van der Waals surface area contributed by atoms with E-state index in [0.717, 1.165) is 5.69 Å². The Balaban J connectivity index is 2.35. The summed E-state index contributed by atoms with van der Waals surface area (Å²) in [4.78, 5) is 11.2. The first-order valence-electron chi connectivity index (χ1n) is 4.67. The number of hydrogen-bond acceptors (Lipinski definition) is 2. The van der Waals surface area contributed by atoms with Crippen LogP contribution in [0.15, 0.2) is 30.3 Å². The third kappa shape index (κ3) is 3.94. The van der Waals surface area contributed by atoms with Crippen molar-refractivity contribution in [3.63, 3.8) is 0 Å². The summed E-state index contributed by atoms with van der Waals surface area (Å²) >= 11 is 0. The molecule has 3 heteroatoms. The number of benzene rings is 1. The number of hydrogen-bond donors (Lipinski definition) is 1. The van der Waals surface area contributed by atoms with Gasteiger partial charge in [0.1, 0.15) is 0 Å². The van der Waals surface area contributed by atoms with Gasteiger partial charge >= 0.3 is 6.09 Å². The van der Waals surface area contributed by atoms with Gasteiger partial charge in [-0.25, -0.2) is 4.79 Å². The number of nitrogens with one attached hydrogen (secondary N) is 1. The smallest absolute Gasteiger partial charge is 0.411 e. The van der Waals surface area contributed by atoms with E-state index in [-0.39, 0.29) is 0 Å². The van der Waals surface area contributed by atoms with E-state index in [4.69, 9.17) is 4.74 Å². The van der Waals surface area contributed by atoms with Gasteiger partial charge < -0.3 is 4.74 Å². The predicted molar refractivity (Wildman–Crippen MR) is 56.3 cm³/mol. The van der Waals surface area contributed by atoms with Crippen molar-refractivity contribution < 1.29 is 9.53 Å². The number of carbonyl (C=O) groups excluding carboxylic acids is 1. The summed E-state index contributed by atoms with van der Waals surface area (Å²) < 4.78 is 4.96. The first kappa shape index (κ1) is 10.6. The molecule has 1 N–H and O–H groups in total. The minimum Gasteiger partial charge on any atom is -0.449 e. The average Bonchev–Trinajstić information content (AvgIpc) is 2.16. The Kier molecular flexibility index (Phi) is 3.98. The standard InChI is InChI=1S/C11H15NO2/c1-9(2)8-14-11(13)12-10-6-4-3-5-7-10/h3-7,9H,8H2,1-2H3,(H,12,13). The highest BCUT2D eigenvalue weighted by molar-refractivity contribution is 5.84. The molecule has 0 bridgehead atoms. The first-order chi connectivity index (χ1) is 6.68. The Morgan fingerprint density at radius 2 is 2.00 bits per heavy atom. The number of para-hydroxylation sites is 1. The third-order valence-corrected chi connectivity index (χ3v) is 1.57. The Morgan fingerprint density at radius 3 is 2.57 bits per heavy atom. The molecule has 1 aromatic carbocycles. The van der Waals surface area contributed by atoms with E-state index in [9.17, 15) is 4.79 Å². The Morgan fingerprint density at radius 1 is 1.36 bits per heavy atom. The van der Waals surface area contributed by atoms with Crippen molar-refractivity contribution in [1.29, 1.82) is 0 Å². The molecule has 1 rings (SSSR count). The van der Waals surface area contributed by atoms with E-state index < -0.39 is 6.09 Å². The van der Waals surface area contributed by atoms with Gasteiger partial charge in [0, 0.05) is 5.69 Å². The van der Waals surface area contributed by atoms with Crippen LogP contribution in [-0.4, -0.2) is 12.7 Å². The van der Waals surface area contributed by atoms with E-state index in [0.29, 0.717) is 12.5 Å². The summed E-state index contributed by atoms with van der Waals surface area (Å²) in [6.07, 6.45) is -0.398. The molecular formula is C11H15NO2. The quantitative estimate of drug-likeness (QED) is 0.801. The molecule has 0 saturated carbocycles. The van der Waals surface area contributed by atoms with Crippen molar-refractivity contribution in [2.45, 2.75) is 13.8 Å². The molecule has 0 unspecified atom stereocenters. The maximum atomic E-state index is 11.2. The molecule has 0 fully saturated rings. The number of amides is 1. The minimum atomic E-state index is -0.398. The fourth-order valence-corrected chi connectivity index (χ4v) is 0.918. The van der Waals surface area contributed by atoms with Crippen LogP contribution < -0.4 is 5.32 Å². The molecular weight excluding hydrogens is 178 g/mol. The zero-order valence-corrected chi connectivity index (χ0v) is 8.49. The van der Waals surface area contributed by atoms with Crippen LogP contribution in [0.25, 0.3) is 0 Å². The molecule has 3 nitrogen and oxygen atoms in total. The molecule has 0 atom stereocenters. The molecule has 0 aliphatic carbocycles. The van der Waals surface area contributed by atoms with Crippen LogP contribution in [0.5, 0.6) is 0 Å². The highest BCUT2D eigenvalue weighted by Crippen LogP contribution is 2.05. The lowest BCUT2D eigenvalue weighted by Crippen LogP contribution is -2.16. The molecule has 0 radical (unpaired) electrons. The SMILES string of the molecule is CC(C)COC(=O)Nc1ccccc1. The van der Waals surface area contributed by atoms with Crippen molar-refractivity contribution in [2.75, 3.05) is 11.9 Å². The fraction of sp³-hybridized carbons (Fsp3) is 0.364. The lowest BCUT2D eigenvalue weighted by atomic mass is 10.2. The second-order valence-corrected chi connectivity index (χ2v) is 3.48. The van der Waals surface area contributed by atoms with E-state index in [2.05, 4.69) is 5.32 Å². The molecule has 0 aromatic heterocycles. The van der Waals surface area contributed by atoms with Crippen LogP contribution in [-0.2, 0) is 4.74 Å². The molecule has 1 amide bonds. The van der Waals surface area contributed by atoms with Crippen LogP contribution in [0.3, 0.4) is 0 Å². The molecule has 0 spiro atoms. The van der Waals surface area contributed by atoms with Crippen molar-refractivity contribution in [1.82, 2.24) is 0 Å². The van der Waals surface area contributed by atoms with Crippen molar-refractivity contribution in [3.8, 4) is 0 Å². The lowest BCUT2D eigenvalue weighted by molar-refractivity contribution is 0.147. The Labute approximate surface area is 84.1 Å². The molecule has 14 heavy (non-hydrogen) atoms. The number of rotatable bonds is 3. The molecule has 0 aliphatic heterocycles. The number of ether oxygens (including phenoxy) is 1. The van der Waals surface area contributed by atoms with E-state index in [1.807, 2.05) is 44.2 Å². The zero-order chi connectivity index (χ0) is 10.4. The highest BCUT2D eigenvalue weighted by atomic mass is 16.5. The van der Waals surface area contributed by atoms with Gasteiger partial charge in [-0.15, -0.1) is 0 Å². The van der Waals surface area contributed by atoms with Gasteiger partial charge in [0.05, 0.1) is 6.61 Å². The van der Waals surface area contributed by atoms with E-state index >= 15 is 0 Å². The fourth-order valence-electron chi connectivity index (χ4n) is 0.918. The van der Waals surface area contributed by atoms with Gasteiger partial charge in [0.15, 0.2) is 0 Å². The normalized spacial score (nSPS) is 9.93. The topological polar surface area (TPSA) is 38.3 Å². The summed E-state index contributed by atoms with van der Waals surface area (Å²) in [5.74, 6) is 0.358. The zero-order valence-electron chi connectivity index (χ0n) is 8.49. The summed E-state index contributed by atoms with van der Waals surface area (Å²) in [7, 11) is 0. The van der Waals surface area contributed by atoms with Crippen LogP contribution in [0.1, 0.15) is 13.8 Å². The third-order valence-electron chi connectivity index (χ3n) is 1.57. The second kappa shape index (κ2) is 5.27.